The van der Waals surface area contributed by atoms with E-state index >= 15 is 0 Å². The number of hydrogen-bond acceptors (Lipinski definition) is 7. The fraction of sp³-hybridized carbons (Fsp3) is 0.638. The van der Waals surface area contributed by atoms with Crippen molar-refractivity contribution in [1.29, 1.82) is 0 Å². The quantitative estimate of drug-likeness (QED) is 0.0666. The molecule has 0 radical (unpaired) electrons. The number of carbonyl (C=O) groups is 5. The van der Waals surface area contributed by atoms with E-state index < -0.39 is 47.5 Å². The van der Waals surface area contributed by atoms with Crippen molar-refractivity contribution in [3.05, 3.63) is 71.8 Å². The lowest BCUT2D eigenvalue weighted by Crippen LogP contribution is -2.59. The number of hydrogen-bond donors (Lipinski definition) is 4. The number of ether oxygens (including phenoxy) is 1. The molecule has 2 aromatic carbocycles. The van der Waals surface area contributed by atoms with Crippen molar-refractivity contribution < 1.29 is 28.7 Å². The van der Waals surface area contributed by atoms with E-state index in [0.717, 1.165) is 43.4 Å². The Kier molecular flexibility index (Phi) is 19.4. The summed E-state index contributed by atoms with van der Waals surface area (Å²) in [6.45, 7) is 13.5. The molecular formula is C47H71N5O6. The van der Waals surface area contributed by atoms with Gasteiger partial charge in [-0.25, -0.2) is 0 Å². The Hall–Kier alpha value is -4.09. The number of rotatable bonds is 26. The number of amides is 4. The number of unbranched alkanes of at least 4 members (excludes halogenated alkanes) is 4. The number of benzene rings is 2. The van der Waals surface area contributed by atoms with Gasteiger partial charge in [0, 0.05) is 12.8 Å². The minimum Gasteiger partial charge on any atom is -0.361 e. The molecule has 320 valence electrons. The number of nitrogens with zero attached hydrogens (tertiary/aromatic N) is 1. The summed E-state index contributed by atoms with van der Waals surface area (Å²) in [5, 5.41) is 11.8. The van der Waals surface area contributed by atoms with Gasteiger partial charge < -0.3 is 30.9 Å². The minimum absolute atomic E-state index is 0.0296. The summed E-state index contributed by atoms with van der Waals surface area (Å²) in [6.07, 6.45) is 11.3. The zero-order chi connectivity index (χ0) is 41.9. The van der Waals surface area contributed by atoms with Crippen LogP contribution in [0.25, 0.3) is 0 Å². The lowest BCUT2D eigenvalue weighted by molar-refractivity contribution is -0.135. The number of ketones is 1. The predicted octanol–water partition coefficient (Wildman–Crippen LogP) is 6.08. The number of nitrogens with one attached hydrogen (secondary N) is 4. The van der Waals surface area contributed by atoms with Gasteiger partial charge in [-0.3, -0.25) is 24.0 Å². The molecule has 11 nitrogen and oxygen atoms in total. The molecule has 0 unspecified atom stereocenters. The molecule has 4 amide bonds. The molecule has 2 aliphatic heterocycles. The molecule has 4 rings (SSSR count). The Morgan fingerprint density at radius 2 is 1.16 bits per heavy atom. The first-order valence-electron chi connectivity index (χ1n) is 22.0. The van der Waals surface area contributed by atoms with Gasteiger partial charge in [0.25, 0.3) is 0 Å². The van der Waals surface area contributed by atoms with Crippen molar-refractivity contribution in [1.82, 2.24) is 26.2 Å². The molecule has 2 aromatic rings. The van der Waals surface area contributed by atoms with Crippen molar-refractivity contribution in [2.75, 3.05) is 26.2 Å². The smallest absolute Gasteiger partial charge is 0.243 e. The van der Waals surface area contributed by atoms with Crippen LogP contribution in [-0.2, 0) is 41.6 Å². The van der Waals surface area contributed by atoms with E-state index in [0.29, 0.717) is 38.7 Å². The Morgan fingerprint density at radius 1 is 0.638 bits per heavy atom. The topological polar surface area (TPSA) is 149 Å². The standard InChI is InChI=1S/C47H71N5O6/c1-34(2)30-39(43(54)47(5)33-58-47)49-46(57)41(32-37-22-14-10-15-23-37)51-45(56)40(31-35(3)4)50-44(55)38(26-25-36-20-12-9-13-21-36)48-42(53)24-16-7-6-8-17-27-52-28-18-11-19-29-52/h9-10,12-15,20-23,34-35,38-41H,6-8,11,16-19,24-33H2,1-5H3,(H,48,53)(H,49,57)(H,50,55)(H,51,56)/t38-,39-,40-,41-,47+/m0/s1. The van der Waals surface area contributed by atoms with Crippen LogP contribution in [0, 0.1) is 11.8 Å². The molecule has 0 aromatic heterocycles. The van der Waals surface area contributed by atoms with Gasteiger partial charge in [-0.15, -0.1) is 0 Å². The second-order valence-corrected chi connectivity index (χ2v) is 17.6. The summed E-state index contributed by atoms with van der Waals surface area (Å²) < 4.78 is 5.43. The minimum atomic E-state index is -1.02. The first kappa shape index (κ1) is 46.6. The fourth-order valence-electron chi connectivity index (χ4n) is 7.73. The normalized spacial score (nSPS) is 18.8. The van der Waals surface area contributed by atoms with Crippen LogP contribution in [0.15, 0.2) is 60.7 Å². The SMILES string of the molecule is CC(C)C[C@H](NC(=O)[C@H](CCc1ccccc1)NC(=O)CCCCCCCN1CCCCC1)C(=O)N[C@@H](Cc1ccccc1)C(=O)N[C@@H](CC(C)C)C(=O)[C@@]1(C)CO1. The largest absolute Gasteiger partial charge is 0.361 e. The highest BCUT2D eigenvalue weighted by molar-refractivity contribution is 5.98. The number of epoxide rings is 1. The molecule has 2 saturated heterocycles. The molecule has 2 fully saturated rings. The Balaban J connectivity index is 1.41. The Bertz CT molecular complexity index is 1570. The third-order valence-corrected chi connectivity index (χ3v) is 11.2. The zero-order valence-electron chi connectivity index (χ0n) is 35.9. The number of aryl methyl sites for hydroxylation is 1. The molecule has 4 N–H and O–H groups in total. The first-order valence-corrected chi connectivity index (χ1v) is 22.0. The molecule has 0 spiro atoms. The monoisotopic (exact) mass is 802 g/mol. The van der Waals surface area contributed by atoms with Crippen LogP contribution in [0.1, 0.15) is 123 Å². The lowest BCUT2D eigenvalue weighted by Gasteiger charge is -2.28. The molecule has 0 aliphatic carbocycles. The average Bonchev–Trinajstić information content (AvgIpc) is 3.96. The van der Waals surface area contributed by atoms with Gasteiger partial charge in [-0.2, -0.15) is 0 Å². The van der Waals surface area contributed by atoms with Crippen molar-refractivity contribution in [3.8, 4) is 0 Å². The maximum atomic E-state index is 14.2. The molecule has 0 bridgehead atoms. The second-order valence-electron chi connectivity index (χ2n) is 17.6. The summed E-state index contributed by atoms with van der Waals surface area (Å²) >= 11 is 0. The van der Waals surface area contributed by atoms with Gasteiger partial charge in [-0.1, -0.05) is 114 Å². The molecule has 2 heterocycles. The fourth-order valence-corrected chi connectivity index (χ4v) is 7.73. The van der Waals surface area contributed by atoms with E-state index in [1.54, 1.807) is 6.92 Å². The van der Waals surface area contributed by atoms with Crippen molar-refractivity contribution in [3.63, 3.8) is 0 Å². The average molecular weight is 802 g/mol. The van der Waals surface area contributed by atoms with Gasteiger partial charge in [0.2, 0.25) is 23.6 Å². The number of Topliss-reactive ketones (excluding diaryl/α,β-unsaturated/α-hetero) is 1. The van der Waals surface area contributed by atoms with Crippen LogP contribution in [0.2, 0.25) is 0 Å². The van der Waals surface area contributed by atoms with Crippen molar-refractivity contribution in [2.45, 2.75) is 154 Å². The first-order chi connectivity index (χ1) is 27.8. The van der Waals surface area contributed by atoms with Gasteiger partial charge in [0.05, 0.1) is 12.6 Å². The summed E-state index contributed by atoms with van der Waals surface area (Å²) in [5.41, 5.74) is 0.955. The van der Waals surface area contributed by atoms with Crippen LogP contribution in [0.4, 0.5) is 0 Å². The van der Waals surface area contributed by atoms with Crippen LogP contribution in [0.3, 0.4) is 0 Å². The number of carbonyl (C=O) groups excluding carboxylic acids is 5. The summed E-state index contributed by atoms with van der Waals surface area (Å²) in [5.74, 6) is -1.63. The van der Waals surface area contributed by atoms with Crippen LogP contribution >= 0.6 is 0 Å². The maximum absolute atomic E-state index is 14.2. The third-order valence-electron chi connectivity index (χ3n) is 11.2. The van der Waals surface area contributed by atoms with E-state index in [4.69, 9.17) is 4.74 Å². The van der Waals surface area contributed by atoms with E-state index in [-0.39, 0.29) is 29.9 Å². The highest BCUT2D eigenvalue weighted by Gasteiger charge is 2.50. The second kappa shape index (κ2) is 24.1. The van der Waals surface area contributed by atoms with Gasteiger partial charge >= 0.3 is 0 Å². The van der Waals surface area contributed by atoms with E-state index in [1.807, 2.05) is 88.4 Å². The molecule has 58 heavy (non-hydrogen) atoms. The van der Waals surface area contributed by atoms with Gasteiger partial charge in [-0.05, 0) is 101 Å². The molecule has 11 heteroatoms. The van der Waals surface area contributed by atoms with Crippen LogP contribution < -0.4 is 21.3 Å². The predicted molar refractivity (Wildman–Crippen MR) is 229 cm³/mol. The van der Waals surface area contributed by atoms with Crippen molar-refractivity contribution >= 4 is 29.4 Å². The Labute approximate surface area is 347 Å². The number of likely N-dealkylation sites (tertiary alicyclic amines) is 1. The molecule has 5 atom stereocenters. The van der Waals surface area contributed by atoms with E-state index in [2.05, 4.69) is 26.2 Å². The highest BCUT2D eigenvalue weighted by atomic mass is 16.6. The van der Waals surface area contributed by atoms with Crippen molar-refractivity contribution in [2.24, 2.45) is 11.8 Å². The highest BCUT2D eigenvalue weighted by Crippen LogP contribution is 2.30. The van der Waals surface area contributed by atoms with E-state index in [9.17, 15) is 24.0 Å². The third kappa shape index (κ3) is 16.6. The Morgan fingerprint density at radius 3 is 1.78 bits per heavy atom. The summed E-state index contributed by atoms with van der Waals surface area (Å²) in [6, 6.07) is 15.6. The van der Waals surface area contributed by atoms with Crippen LogP contribution in [-0.4, -0.2) is 90.3 Å². The van der Waals surface area contributed by atoms with Crippen LogP contribution in [0.5, 0.6) is 0 Å². The zero-order valence-corrected chi connectivity index (χ0v) is 35.9. The van der Waals surface area contributed by atoms with Gasteiger partial charge in [0.1, 0.15) is 23.7 Å². The number of piperidine rings is 1. The summed E-state index contributed by atoms with van der Waals surface area (Å²) in [4.78, 5) is 71.5. The molecule has 0 saturated carbocycles. The molecular weight excluding hydrogens is 731 g/mol. The van der Waals surface area contributed by atoms with E-state index in [1.165, 1.54) is 38.8 Å². The molecule has 2 aliphatic rings. The maximum Gasteiger partial charge on any atom is 0.243 e. The summed E-state index contributed by atoms with van der Waals surface area (Å²) in [7, 11) is 0. The lowest BCUT2D eigenvalue weighted by atomic mass is 9.93. The van der Waals surface area contributed by atoms with Gasteiger partial charge in [0.15, 0.2) is 5.78 Å².